The Morgan fingerprint density at radius 1 is 1.38 bits per heavy atom. The molecule has 0 unspecified atom stereocenters. The number of halogens is 3. The summed E-state index contributed by atoms with van der Waals surface area (Å²) in [4.78, 5) is 7.95. The first-order valence-corrected chi connectivity index (χ1v) is 6.15. The van der Waals surface area contributed by atoms with Gasteiger partial charge in [-0.2, -0.15) is 8.78 Å². The van der Waals surface area contributed by atoms with E-state index in [1.54, 1.807) is 6.92 Å². The summed E-state index contributed by atoms with van der Waals surface area (Å²) < 4.78 is 30.7. The number of carbonyl (C=O) groups excluding carboxylic acids is 1. The molecule has 0 aliphatic rings. The lowest BCUT2D eigenvalue weighted by atomic mass is 10.1. The molecule has 0 amide bonds. The lowest BCUT2D eigenvalue weighted by Crippen LogP contribution is -2.13. The maximum Gasteiger partial charge on any atom is 0.330 e. The van der Waals surface area contributed by atoms with Crippen molar-refractivity contribution in [1.29, 1.82) is 0 Å². The molecule has 0 aliphatic carbocycles. The molecule has 0 aromatic carbocycles. The molecule has 0 saturated heterocycles. The topological polar surface area (TPSA) is 26.3 Å². The summed E-state index contributed by atoms with van der Waals surface area (Å²) in [5, 5.41) is 0. The van der Waals surface area contributed by atoms with Crippen molar-refractivity contribution in [2.24, 2.45) is 0 Å². The standard InChI is InChI=1S/C11H17BrF2O2/c1-3-5-6-7-9(11(12,13)14)8-10(15)16-4-2/h8H,3-7H2,1-2H3/b9-8+. The Labute approximate surface area is 103 Å². The number of ether oxygens (including phenoxy) is 1. The Morgan fingerprint density at radius 3 is 2.44 bits per heavy atom. The van der Waals surface area contributed by atoms with Gasteiger partial charge in [0.05, 0.1) is 6.61 Å². The molecule has 94 valence electrons. The summed E-state index contributed by atoms with van der Waals surface area (Å²) in [6.07, 6.45) is 3.53. The molecule has 0 fully saturated rings. The molecule has 0 radical (unpaired) electrons. The van der Waals surface area contributed by atoms with Crippen molar-refractivity contribution in [2.75, 3.05) is 6.61 Å². The van der Waals surface area contributed by atoms with Crippen molar-refractivity contribution >= 4 is 21.9 Å². The number of unbranched alkanes of at least 4 members (excludes halogenated alkanes) is 2. The van der Waals surface area contributed by atoms with E-state index in [0.717, 1.165) is 18.9 Å². The summed E-state index contributed by atoms with van der Waals surface area (Å²) in [5.74, 6) is -0.715. The van der Waals surface area contributed by atoms with Crippen LogP contribution in [0.5, 0.6) is 0 Å². The van der Waals surface area contributed by atoms with Crippen LogP contribution in [-0.4, -0.2) is 17.4 Å². The second-order valence-electron chi connectivity index (χ2n) is 3.38. The van der Waals surface area contributed by atoms with Crippen LogP contribution in [-0.2, 0) is 9.53 Å². The van der Waals surface area contributed by atoms with Gasteiger partial charge in [-0.15, -0.1) is 0 Å². The maximum atomic E-state index is 13.1. The van der Waals surface area contributed by atoms with Crippen LogP contribution >= 0.6 is 15.9 Å². The minimum Gasteiger partial charge on any atom is -0.463 e. The fourth-order valence-corrected chi connectivity index (χ4v) is 1.50. The van der Waals surface area contributed by atoms with Gasteiger partial charge in [-0.25, -0.2) is 4.79 Å². The third-order valence-corrected chi connectivity index (χ3v) is 2.50. The fourth-order valence-electron chi connectivity index (χ4n) is 1.19. The summed E-state index contributed by atoms with van der Waals surface area (Å²) in [5.41, 5.74) is -0.223. The van der Waals surface area contributed by atoms with E-state index in [9.17, 15) is 13.6 Å². The molecular formula is C11H17BrF2O2. The van der Waals surface area contributed by atoms with Crippen LogP contribution < -0.4 is 0 Å². The first-order chi connectivity index (χ1) is 7.41. The molecule has 0 saturated carbocycles. The highest BCUT2D eigenvalue weighted by molar-refractivity contribution is 9.10. The SMILES string of the molecule is CCCCC/C(=C\C(=O)OCC)C(F)(F)Br. The number of alkyl halides is 3. The zero-order chi connectivity index (χ0) is 12.6. The van der Waals surface area contributed by atoms with Crippen molar-refractivity contribution in [1.82, 2.24) is 0 Å². The molecule has 16 heavy (non-hydrogen) atoms. The highest BCUT2D eigenvalue weighted by atomic mass is 79.9. The zero-order valence-electron chi connectivity index (χ0n) is 9.56. The van der Waals surface area contributed by atoms with Crippen LogP contribution in [0.3, 0.4) is 0 Å². The van der Waals surface area contributed by atoms with E-state index in [1.165, 1.54) is 0 Å². The average Bonchev–Trinajstić information content (AvgIpc) is 2.15. The second-order valence-corrected chi connectivity index (χ2v) is 4.37. The van der Waals surface area contributed by atoms with Gasteiger partial charge in [-0.3, -0.25) is 0 Å². The van der Waals surface area contributed by atoms with Gasteiger partial charge in [0.1, 0.15) is 0 Å². The maximum absolute atomic E-state index is 13.1. The zero-order valence-corrected chi connectivity index (χ0v) is 11.1. The Bertz CT molecular complexity index is 247. The van der Waals surface area contributed by atoms with Crippen LogP contribution in [0.4, 0.5) is 8.78 Å². The molecule has 0 bridgehead atoms. The van der Waals surface area contributed by atoms with Crippen molar-refractivity contribution in [3.8, 4) is 0 Å². The summed E-state index contributed by atoms with van der Waals surface area (Å²) in [6, 6.07) is 0. The van der Waals surface area contributed by atoms with E-state index in [1.807, 2.05) is 6.92 Å². The van der Waals surface area contributed by atoms with Crippen molar-refractivity contribution in [2.45, 2.75) is 44.4 Å². The minimum atomic E-state index is -3.13. The van der Waals surface area contributed by atoms with Crippen molar-refractivity contribution < 1.29 is 18.3 Å². The van der Waals surface area contributed by atoms with Gasteiger partial charge in [-0.1, -0.05) is 19.8 Å². The number of hydrogen-bond acceptors (Lipinski definition) is 2. The molecule has 0 atom stereocenters. The molecule has 0 aromatic heterocycles. The van der Waals surface area contributed by atoms with Crippen LogP contribution in [0.15, 0.2) is 11.6 Å². The Kier molecular flexibility index (Phi) is 7.55. The highest BCUT2D eigenvalue weighted by Crippen LogP contribution is 2.34. The van der Waals surface area contributed by atoms with E-state index >= 15 is 0 Å². The molecule has 0 N–H and O–H groups in total. The minimum absolute atomic E-state index is 0.186. The van der Waals surface area contributed by atoms with E-state index in [4.69, 9.17) is 0 Å². The quantitative estimate of drug-likeness (QED) is 0.307. The van der Waals surface area contributed by atoms with Crippen LogP contribution in [0.2, 0.25) is 0 Å². The molecule has 0 aromatic rings. The first kappa shape index (κ1) is 15.6. The number of hydrogen-bond donors (Lipinski definition) is 0. The van der Waals surface area contributed by atoms with E-state index in [2.05, 4.69) is 20.7 Å². The predicted octanol–water partition coefficient (Wildman–Crippen LogP) is 4.04. The first-order valence-electron chi connectivity index (χ1n) is 5.36. The van der Waals surface area contributed by atoms with E-state index in [0.29, 0.717) is 6.42 Å². The molecule has 0 spiro atoms. The number of allylic oxidation sites excluding steroid dienone is 1. The average molecular weight is 299 g/mol. The predicted molar refractivity (Wildman–Crippen MR) is 62.7 cm³/mol. The van der Waals surface area contributed by atoms with Gasteiger partial charge >= 0.3 is 10.8 Å². The molecule has 0 heterocycles. The van der Waals surface area contributed by atoms with Crippen LogP contribution in [0.25, 0.3) is 0 Å². The summed E-state index contributed by atoms with van der Waals surface area (Å²) >= 11 is 2.27. The van der Waals surface area contributed by atoms with E-state index in [-0.39, 0.29) is 18.6 Å². The smallest absolute Gasteiger partial charge is 0.330 e. The monoisotopic (exact) mass is 298 g/mol. The van der Waals surface area contributed by atoms with Gasteiger partial charge in [0.15, 0.2) is 0 Å². The number of carbonyl (C=O) groups is 1. The number of esters is 1. The van der Waals surface area contributed by atoms with E-state index < -0.39 is 10.8 Å². The molecule has 0 rings (SSSR count). The van der Waals surface area contributed by atoms with Gasteiger partial charge in [-0.05, 0) is 35.7 Å². The highest BCUT2D eigenvalue weighted by Gasteiger charge is 2.30. The summed E-state index contributed by atoms with van der Waals surface area (Å²) in [7, 11) is 0. The largest absolute Gasteiger partial charge is 0.463 e. The van der Waals surface area contributed by atoms with Crippen molar-refractivity contribution in [3.05, 3.63) is 11.6 Å². The Hall–Kier alpha value is -0.450. The van der Waals surface area contributed by atoms with Crippen LogP contribution in [0.1, 0.15) is 39.5 Å². The lowest BCUT2D eigenvalue weighted by Gasteiger charge is -2.13. The lowest BCUT2D eigenvalue weighted by molar-refractivity contribution is -0.137. The number of rotatable bonds is 7. The second kappa shape index (κ2) is 7.76. The molecule has 2 nitrogen and oxygen atoms in total. The summed E-state index contributed by atoms with van der Waals surface area (Å²) in [6.45, 7) is 3.81. The normalized spacial score (nSPS) is 12.7. The molecule has 5 heteroatoms. The molecular weight excluding hydrogens is 282 g/mol. The fraction of sp³-hybridized carbons (Fsp3) is 0.727. The van der Waals surface area contributed by atoms with Crippen molar-refractivity contribution in [3.63, 3.8) is 0 Å². The Balaban J connectivity index is 4.48. The third-order valence-electron chi connectivity index (χ3n) is 1.99. The Morgan fingerprint density at radius 2 is 2.00 bits per heavy atom. The van der Waals surface area contributed by atoms with Gasteiger partial charge < -0.3 is 4.74 Å². The molecule has 0 aliphatic heterocycles. The van der Waals surface area contributed by atoms with Gasteiger partial charge in [0.2, 0.25) is 0 Å². The van der Waals surface area contributed by atoms with Gasteiger partial charge in [0, 0.05) is 11.6 Å². The van der Waals surface area contributed by atoms with Gasteiger partial charge in [0.25, 0.3) is 0 Å². The third kappa shape index (κ3) is 6.93. The van der Waals surface area contributed by atoms with Crippen LogP contribution in [0, 0.1) is 0 Å².